The number of rotatable bonds is 4. The van der Waals surface area contributed by atoms with Crippen LogP contribution in [0.3, 0.4) is 0 Å². The van der Waals surface area contributed by atoms with Gasteiger partial charge in [-0.1, -0.05) is 47.2 Å². The van der Waals surface area contributed by atoms with Crippen molar-refractivity contribution in [1.82, 2.24) is 9.97 Å². The summed E-state index contributed by atoms with van der Waals surface area (Å²) in [6, 6.07) is 11.5. The van der Waals surface area contributed by atoms with Crippen molar-refractivity contribution >= 4 is 17.5 Å². The van der Waals surface area contributed by atoms with Gasteiger partial charge in [-0.2, -0.15) is 0 Å². The molecule has 0 aliphatic heterocycles. The van der Waals surface area contributed by atoms with Crippen LogP contribution in [0.2, 0.25) is 0 Å². The SMILES string of the molecule is Cc1cc(C)nc(SC/C(=N/O)c2ccccc2)n1. The van der Waals surface area contributed by atoms with Gasteiger partial charge in [-0.05, 0) is 19.9 Å². The first-order valence-corrected chi connectivity index (χ1v) is 6.89. The molecular weight excluding hydrogens is 258 g/mol. The summed E-state index contributed by atoms with van der Waals surface area (Å²) in [4.78, 5) is 8.70. The van der Waals surface area contributed by atoms with Gasteiger partial charge < -0.3 is 5.21 Å². The molecule has 0 atom stereocenters. The van der Waals surface area contributed by atoms with Crippen molar-refractivity contribution in [2.45, 2.75) is 19.0 Å². The Kier molecular flexibility index (Phi) is 4.52. The summed E-state index contributed by atoms with van der Waals surface area (Å²) in [5.74, 6) is 0.531. The van der Waals surface area contributed by atoms with Crippen LogP contribution in [-0.2, 0) is 0 Å². The average Bonchev–Trinajstić information content (AvgIpc) is 2.39. The summed E-state index contributed by atoms with van der Waals surface area (Å²) in [7, 11) is 0. The number of hydrogen-bond donors (Lipinski definition) is 1. The van der Waals surface area contributed by atoms with E-state index in [0.29, 0.717) is 16.6 Å². The lowest BCUT2D eigenvalue weighted by Gasteiger charge is -2.05. The molecule has 0 saturated carbocycles. The van der Waals surface area contributed by atoms with E-state index in [2.05, 4.69) is 15.1 Å². The smallest absolute Gasteiger partial charge is 0.188 e. The molecule has 0 bridgehead atoms. The lowest BCUT2D eigenvalue weighted by molar-refractivity contribution is 0.319. The monoisotopic (exact) mass is 273 g/mol. The van der Waals surface area contributed by atoms with Crippen molar-refractivity contribution < 1.29 is 5.21 Å². The van der Waals surface area contributed by atoms with Gasteiger partial charge in [0, 0.05) is 22.7 Å². The molecule has 2 aromatic rings. The van der Waals surface area contributed by atoms with Crippen LogP contribution in [-0.4, -0.2) is 26.6 Å². The minimum Gasteiger partial charge on any atom is -0.411 e. The van der Waals surface area contributed by atoms with Crippen LogP contribution >= 0.6 is 11.8 Å². The third kappa shape index (κ3) is 3.79. The van der Waals surface area contributed by atoms with Gasteiger partial charge in [-0.15, -0.1) is 0 Å². The highest BCUT2D eigenvalue weighted by Gasteiger charge is 2.07. The molecule has 5 heteroatoms. The van der Waals surface area contributed by atoms with Gasteiger partial charge in [-0.25, -0.2) is 9.97 Å². The van der Waals surface area contributed by atoms with Crippen LogP contribution < -0.4 is 0 Å². The fourth-order valence-electron chi connectivity index (χ4n) is 1.69. The Labute approximate surface area is 116 Å². The van der Waals surface area contributed by atoms with Crippen molar-refractivity contribution in [3.63, 3.8) is 0 Å². The predicted octanol–water partition coefficient (Wildman–Crippen LogP) is 3.06. The highest BCUT2D eigenvalue weighted by molar-refractivity contribution is 7.99. The van der Waals surface area contributed by atoms with Crippen molar-refractivity contribution in [1.29, 1.82) is 0 Å². The highest BCUT2D eigenvalue weighted by atomic mass is 32.2. The molecule has 0 aliphatic carbocycles. The summed E-state index contributed by atoms with van der Waals surface area (Å²) in [6.45, 7) is 3.88. The molecule has 19 heavy (non-hydrogen) atoms. The van der Waals surface area contributed by atoms with E-state index in [1.54, 1.807) is 0 Å². The highest BCUT2D eigenvalue weighted by Crippen LogP contribution is 2.16. The van der Waals surface area contributed by atoms with E-state index in [4.69, 9.17) is 5.21 Å². The van der Waals surface area contributed by atoms with E-state index in [-0.39, 0.29) is 0 Å². The Morgan fingerprint density at radius 1 is 1.16 bits per heavy atom. The van der Waals surface area contributed by atoms with E-state index >= 15 is 0 Å². The third-order valence-electron chi connectivity index (χ3n) is 2.53. The zero-order chi connectivity index (χ0) is 13.7. The maximum Gasteiger partial charge on any atom is 0.188 e. The fraction of sp³-hybridized carbons (Fsp3) is 0.214. The first-order chi connectivity index (χ1) is 9.19. The standard InChI is InChI=1S/C14H15N3OS/c1-10-8-11(2)16-14(15-10)19-9-13(17-18)12-6-4-3-5-7-12/h3-8,18H,9H2,1-2H3/b17-13-. The fourth-order valence-corrected chi connectivity index (χ4v) is 2.60. The molecule has 0 unspecified atom stereocenters. The van der Waals surface area contributed by atoms with Gasteiger partial charge in [0.15, 0.2) is 5.16 Å². The Bertz CT molecular complexity index is 564. The van der Waals surface area contributed by atoms with Gasteiger partial charge in [-0.3, -0.25) is 0 Å². The molecular formula is C14H15N3OS. The van der Waals surface area contributed by atoms with Crippen molar-refractivity contribution in [3.8, 4) is 0 Å². The minimum atomic E-state index is 0.531. The second-order valence-electron chi connectivity index (χ2n) is 4.13. The molecule has 2 rings (SSSR count). The van der Waals surface area contributed by atoms with E-state index < -0.39 is 0 Å². The van der Waals surface area contributed by atoms with Gasteiger partial charge in [0.05, 0.1) is 5.71 Å². The van der Waals surface area contributed by atoms with Gasteiger partial charge >= 0.3 is 0 Å². The molecule has 4 nitrogen and oxygen atoms in total. The van der Waals surface area contributed by atoms with Crippen LogP contribution in [0.1, 0.15) is 17.0 Å². The first kappa shape index (κ1) is 13.5. The summed E-state index contributed by atoms with van der Waals surface area (Å²) in [6.07, 6.45) is 0. The van der Waals surface area contributed by atoms with Gasteiger partial charge in [0.2, 0.25) is 0 Å². The van der Waals surface area contributed by atoms with Crippen LogP contribution in [0, 0.1) is 13.8 Å². The lowest BCUT2D eigenvalue weighted by Crippen LogP contribution is -2.05. The zero-order valence-corrected chi connectivity index (χ0v) is 11.7. The number of hydrogen-bond acceptors (Lipinski definition) is 5. The van der Waals surface area contributed by atoms with Crippen LogP contribution in [0.4, 0.5) is 0 Å². The Morgan fingerprint density at radius 2 is 1.79 bits per heavy atom. The maximum absolute atomic E-state index is 9.10. The number of aryl methyl sites for hydroxylation is 2. The molecule has 1 aromatic carbocycles. The number of oxime groups is 1. The molecule has 1 heterocycles. The molecule has 0 fully saturated rings. The Balaban J connectivity index is 2.09. The maximum atomic E-state index is 9.10. The molecule has 1 N–H and O–H groups in total. The van der Waals surface area contributed by atoms with Crippen LogP contribution in [0.5, 0.6) is 0 Å². The van der Waals surface area contributed by atoms with E-state index in [1.807, 2.05) is 50.2 Å². The summed E-state index contributed by atoms with van der Waals surface area (Å²) < 4.78 is 0. The molecule has 98 valence electrons. The first-order valence-electron chi connectivity index (χ1n) is 5.90. The quantitative estimate of drug-likeness (QED) is 0.306. The molecule has 0 radical (unpaired) electrons. The van der Waals surface area contributed by atoms with Crippen LogP contribution in [0.15, 0.2) is 46.7 Å². The van der Waals surface area contributed by atoms with Crippen molar-refractivity contribution in [2.75, 3.05) is 5.75 Å². The molecule has 0 amide bonds. The van der Waals surface area contributed by atoms with Gasteiger partial charge in [0.1, 0.15) is 0 Å². The topological polar surface area (TPSA) is 58.4 Å². The number of aromatic nitrogens is 2. The minimum absolute atomic E-state index is 0.531. The average molecular weight is 273 g/mol. The van der Waals surface area contributed by atoms with Crippen LogP contribution in [0.25, 0.3) is 0 Å². The molecule has 0 saturated heterocycles. The third-order valence-corrected chi connectivity index (χ3v) is 3.39. The Morgan fingerprint density at radius 3 is 2.37 bits per heavy atom. The number of thioether (sulfide) groups is 1. The second kappa shape index (κ2) is 6.33. The normalized spacial score (nSPS) is 11.6. The summed E-state index contributed by atoms with van der Waals surface area (Å²) in [5, 5.41) is 13.2. The zero-order valence-electron chi connectivity index (χ0n) is 10.9. The molecule has 0 aliphatic rings. The van der Waals surface area contributed by atoms with E-state index in [9.17, 15) is 0 Å². The van der Waals surface area contributed by atoms with Gasteiger partial charge in [0.25, 0.3) is 0 Å². The van der Waals surface area contributed by atoms with Crippen molar-refractivity contribution in [2.24, 2.45) is 5.16 Å². The summed E-state index contributed by atoms with van der Waals surface area (Å²) in [5.41, 5.74) is 3.41. The second-order valence-corrected chi connectivity index (χ2v) is 5.08. The number of nitrogens with zero attached hydrogens (tertiary/aromatic N) is 3. The molecule has 0 spiro atoms. The predicted molar refractivity (Wildman–Crippen MR) is 77.0 cm³/mol. The van der Waals surface area contributed by atoms with Crippen molar-refractivity contribution in [3.05, 3.63) is 53.3 Å². The number of benzene rings is 1. The van der Waals surface area contributed by atoms with E-state index in [1.165, 1.54) is 11.8 Å². The van der Waals surface area contributed by atoms with E-state index in [0.717, 1.165) is 17.0 Å². The lowest BCUT2D eigenvalue weighted by atomic mass is 10.1. The summed E-state index contributed by atoms with van der Waals surface area (Å²) >= 11 is 1.46. The Hall–Kier alpha value is -1.88. The largest absolute Gasteiger partial charge is 0.411 e. The molecule has 1 aromatic heterocycles.